The van der Waals surface area contributed by atoms with Crippen LogP contribution in [0.15, 0.2) is 72.9 Å². The fourth-order valence-corrected chi connectivity index (χ4v) is 2.26. The lowest BCUT2D eigenvalue weighted by Gasteiger charge is -2.06. The van der Waals surface area contributed by atoms with Gasteiger partial charge in [-0.25, -0.2) is 9.78 Å². The number of pyridine rings is 1. The Morgan fingerprint density at radius 1 is 0.913 bits per heavy atom. The van der Waals surface area contributed by atoms with Crippen LogP contribution in [-0.2, 0) is 11.3 Å². The van der Waals surface area contributed by atoms with Gasteiger partial charge in [0.25, 0.3) is 0 Å². The summed E-state index contributed by atoms with van der Waals surface area (Å²) in [4.78, 5) is 15.8. The maximum absolute atomic E-state index is 11.9. The maximum Gasteiger partial charge on any atom is 0.340 e. The van der Waals surface area contributed by atoms with Crippen LogP contribution < -0.4 is 0 Å². The van der Waals surface area contributed by atoms with Crippen molar-refractivity contribution in [1.82, 2.24) is 4.98 Å². The quantitative estimate of drug-likeness (QED) is 0.513. The Hall–Kier alpha value is -2.65. The highest BCUT2D eigenvalue weighted by atomic mass is 35.5. The summed E-state index contributed by atoms with van der Waals surface area (Å²) in [7, 11) is 0. The first kappa shape index (κ1) is 15.3. The highest BCUT2D eigenvalue weighted by molar-refractivity contribution is 6.29. The van der Waals surface area contributed by atoms with Gasteiger partial charge in [-0.05, 0) is 28.8 Å². The summed E-state index contributed by atoms with van der Waals surface area (Å²) in [5.41, 5.74) is 3.60. The van der Waals surface area contributed by atoms with E-state index < -0.39 is 5.97 Å². The number of carbonyl (C=O) groups is 1. The zero-order chi connectivity index (χ0) is 16.1. The molecular formula is C19H14ClNO2. The number of carbonyl (C=O) groups excluding carboxylic acids is 1. The minimum atomic E-state index is -0.415. The molecule has 114 valence electrons. The van der Waals surface area contributed by atoms with Gasteiger partial charge >= 0.3 is 5.97 Å². The SMILES string of the molecule is O=C(OCc1ccc(-c2ccccc2)cc1)c1ccc(Cl)nc1. The molecule has 0 spiro atoms. The van der Waals surface area contributed by atoms with Gasteiger partial charge in [-0.1, -0.05) is 66.2 Å². The van der Waals surface area contributed by atoms with Gasteiger partial charge < -0.3 is 4.74 Å². The van der Waals surface area contributed by atoms with Crippen LogP contribution in [0, 0.1) is 0 Å². The van der Waals surface area contributed by atoms with Crippen LogP contribution in [0.2, 0.25) is 5.15 Å². The van der Waals surface area contributed by atoms with Gasteiger partial charge in [0.05, 0.1) is 5.56 Å². The fraction of sp³-hybridized carbons (Fsp3) is 0.0526. The Kier molecular flexibility index (Phi) is 4.69. The van der Waals surface area contributed by atoms with E-state index in [0.29, 0.717) is 10.7 Å². The third-order valence-corrected chi connectivity index (χ3v) is 3.62. The van der Waals surface area contributed by atoms with E-state index >= 15 is 0 Å². The molecular weight excluding hydrogens is 310 g/mol. The minimum absolute atomic E-state index is 0.219. The van der Waals surface area contributed by atoms with Gasteiger partial charge in [-0.3, -0.25) is 0 Å². The largest absolute Gasteiger partial charge is 0.457 e. The van der Waals surface area contributed by atoms with Crippen molar-refractivity contribution in [3.8, 4) is 11.1 Å². The number of ether oxygens (including phenoxy) is 1. The summed E-state index contributed by atoms with van der Waals surface area (Å²) >= 11 is 5.69. The molecule has 1 aromatic heterocycles. The molecule has 0 saturated carbocycles. The van der Waals surface area contributed by atoms with E-state index in [1.807, 2.05) is 42.5 Å². The molecule has 0 amide bonds. The molecule has 23 heavy (non-hydrogen) atoms. The lowest BCUT2D eigenvalue weighted by atomic mass is 10.0. The Bertz CT molecular complexity index is 784. The molecule has 0 atom stereocenters. The molecule has 0 aliphatic heterocycles. The van der Waals surface area contributed by atoms with Crippen LogP contribution in [0.1, 0.15) is 15.9 Å². The van der Waals surface area contributed by atoms with E-state index in [9.17, 15) is 4.79 Å². The summed E-state index contributed by atoms with van der Waals surface area (Å²) in [5, 5.41) is 0.345. The van der Waals surface area contributed by atoms with Gasteiger partial charge in [0.1, 0.15) is 11.8 Å². The van der Waals surface area contributed by atoms with Crippen LogP contribution in [0.25, 0.3) is 11.1 Å². The van der Waals surface area contributed by atoms with Crippen LogP contribution in [0.5, 0.6) is 0 Å². The summed E-state index contributed by atoms with van der Waals surface area (Å²) in [5.74, 6) is -0.415. The molecule has 0 unspecified atom stereocenters. The number of hydrogen-bond acceptors (Lipinski definition) is 3. The standard InChI is InChI=1S/C19H14ClNO2/c20-18-11-10-17(12-21-18)19(22)23-13-14-6-8-16(9-7-14)15-4-2-1-3-5-15/h1-12H,13H2. The molecule has 0 fully saturated rings. The number of benzene rings is 2. The van der Waals surface area contributed by atoms with Crippen molar-refractivity contribution in [2.45, 2.75) is 6.61 Å². The monoisotopic (exact) mass is 323 g/mol. The molecule has 3 aromatic rings. The Balaban J connectivity index is 1.62. The number of aromatic nitrogens is 1. The summed E-state index contributed by atoms with van der Waals surface area (Å²) < 4.78 is 5.28. The first-order valence-electron chi connectivity index (χ1n) is 7.15. The average molecular weight is 324 g/mol. The molecule has 0 saturated heterocycles. The van der Waals surface area contributed by atoms with Crippen LogP contribution in [-0.4, -0.2) is 11.0 Å². The molecule has 3 rings (SSSR count). The van der Waals surface area contributed by atoms with Crippen molar-refractivity contribution in [1.29, 1.82) is 0 Å². The first-order valence-corrected chi connectivity index (χ1v) is 7.53. The molecule has 4 heteroatoms. The predicted molar refractivity (Wildman–Crippen MR) is 90.2 cm³/mol. The molecule has 0 N–H and O–H groups in total. The number of hydrogen-bond donors (Lipinski definition) is 0. The van der Waals surface area contributed by atoms with Gasteiger partial charge in [-0.2, -0.15) is 0 Å². The average Bonchev–Trinajstić information content (AvgIpc) is 2.61. The normalized spacial score (nSPS) is 10.3. The zero-order valence-corrected chi connectivity index (χ0v) is 13.0. The molecule has 2 aromatic carbocycles. The van der Waals surface area contributed by atoms with Gasteiger partial charge in [0, 0.05) is 6.20 Å². The minimum Gasteiger partial charge on any atom is -0.457 e. The second kappa shape index (κ2) is 7.07. The smallest absolute Gasteiger partial charge is 0.340 e. The predicted octanol–water partition coefficient (Wildman–Crippen LogP) is 4.76. The van der Waals surface area contributed by atoms with Crippen molar-refractivity contribution in [2.75, 3.05) is 0 Å². The maximum atomic E-state index is 11.9. The fourth-order valence-electron chi connectivity index (χ4n) is 2.15. The first-order chi connectivity index (χ1) is 11.2. The molecule has 1 heterocycles. The van der Waals surface area contributed by atoms with Crippen molar-refractivity contribution in [2.24, 2.45) is 0 Å². The van der Waals surface area contributed by atoms with E-state index in [4.69, 9.17) is 16.3 Å². The van der Waals surface area contributed by atoms with E-state index in [0.717, 1.165) is 16.7 Å². The van der Waals surface area contributed by atoms with Crippen molar-refractivity contribution >= 4 is 17.6 Å². The van der Waals surface area contributed by atoms with Gasteiger partial charge in [0.15, 0.2) is 0 Å². The molecule has 0 radical (unpaired) electrons. The number of rotatable bonds is 4. The van der Waals surface area contributed by atoms with E-state index in [1.54, 1.807) is 12.1 Å². The van der Waals surface area contributed by atoms with E-state index in [2.05, 4.69) is 17.1 Å². The number of nitrogens with zero attached hydrogens (tertiary/aromatic N) is 1. The second-order valence-electron chi connectivity index (χ2n) is 5.01. The lowest BCUT2D eigenvalue weighted by molar-refractivity contribution is 0.0472. The Morgan fingerprint density at radius 3 is 2.26 bits per heavy atom. The lowest BCUT2D eigenvalue weighted by Crippen LogP contribution is -2.05. The summed E-state index contributed by atoms with van der Waals surface area (Å²) in [6.45, 7) is 0.219. The molecule has 0 aliphatic carbocycles. The molecule has 0 aliphatic rings. The second-order valence-corrected chi connectivity index (χ2v) is 5.40. The highest BCUT2D eigenvalue weighted by Gasteiger charge is 2.08. The van der Waals surface area contributed by atoms with Crippen molar-refractivity contribution in [3.63, 3.8) is 0 Å². The molecule has 3 nitrogen and oxygen atoms in total. The van der Waals surface area contributed by atoms with Crippen LogP contribution in [0.3, 0.4) is 0 Å². The highest BCUT2D eigenvalue weighted by Crippen LogP contribution is 2.19. The number of esters is 1. The van der Waals surface area contributed by atoms with Gasteiger partial charge in [0.2, 0.25) is 0 Å². The van der Waals surface area contributed by atoms with Crippen molar-refractivity contribution < 1.29 is 9.53 Å². The zero-order valence-electron chi connectivity index (χ0n) is 12.3. The third kappa shape index (κ3) is 3.96. The summed E-state index contributed by atoms with van der Waals surface area (Å²) in [6.07, 6.45) is 1.41. The summed E-state index contributed by atoms with van der Waals surface area (Å²) in [6, 6.07) is 21.2. The number of halogens is 1. The van der Waals surface area contributed by atoms with Crippen molar-refractivity contribution in [3.05, 3.63) is 89.2 Å². The van der Waals surface area contributed by atoms with Crippen LogP contribution >= 0.6 is 11.6 Å². The van der Waals surface area contributed by atoms with Crippen LogP contribution in [0.4, 0.5) is 0 Å². The Morgan fingerprint density at radius 2 is 1.61 bits per heavy atom. The van der Waals surface area contributed by atoms with Gasteiger partial charge in [-0.15, -0.1) is 0 Å². The molecule has 0 bridgehead atoms. The van der Waals surface area contributed by atoms with E-state index in [1.165, 1.54) is 6.20 Å². The van der Waals surface area contributed by atoms with E-state index in [-0.39, 0.29) is 6.61 Å². The Labute approximate surface area is 139 Å². The topological polar surface area (TPSA) is 39.2 Å². The third-order valence-electron chi connectivity index (χ3n) is 3.39.